The van der Waals surface area contributed by atoms with Crippen LogP contribution in [0.1, 0.15) is 57.9 Å². The van der Waals surface area contributed by atoms with Gasteiger partial charge >= 0.3 is 65.1 Å². The Morgan fingerprint density at radius 1 is 0.980 bits per heavy atom. The zero-order valence-electron chi connectivity index (χ0n) is 29.0. The Balaban J connectivity index is 0.00000433. The maximum Gasteiger partial charge on any atom is 1.00 e. The molecule has 1 aliphatic heterocycles. The van der Waals surface area contributed by atoms with E-state index >= 15 is 0 Å². The average Bonchev–Trinajstić information content (AvgIpc) is 3.26. The number of allylic oxidation sites excluding steroid dienone is 3. The van der Waals surface area contributed by atoms with Crippen LogP contribution in [0.4, 0.5) is 11.4 Å². The van der Waals surface area contributed by atoms with Crippen LogP contribution in [-0.4, -0.2) is 67.5 Å². The Morgan fingerprint density at radius 3 is 2.30 bits per heavy atom. The minimum Gasteiger partial charge on any atom is -0.752 e. The number of benzene rings is 3. The maximum absolute atomic E-state index is 12.4. The first kappa shape index (κ1) is 44.0. The average molecular weight is 741 g/mol. The van der Waals surface area contributed by atoms with Crippen LogP contribution >= 0.6 is 0 Å². The zero-order chi connectivity index (χ0) is 35.1. The molecule has 0 spiro atoms. The van der Waals surface area contributed by atoms with Crippen LogP contribution in [0.3, 0.4) is 0 Å². The standard InChI is InChI=1S/C35H40N2O9S2.2Na/c1-26(38)36(28-13-6-4-7-14-28)22-11-9-15-32-35(2,21-10-5-8-16-33(39)46-3)34-30-25-29(48(43,44)45)19-17-27(30)18-20-31(34)37(32)23-12-24-47(40,41)42;;/h4,6-7,9,11,13-15,18-20,22,25H,5,8,10,12,16,21,23-24H2,1-3H3,(H,40,41,42)(H,43,44,45);;/q;2*+1/p-2. The van der Waals surface area contributed by atoms with Crippen molar-refractivity contribution in [3.63, 3.8) is 0 Å². The number of ether oxygens (including phenoxy) is 1. The SMILES string of the molecule is COC(=O)CCCCCC1(C)C(/C=C/C=C/N(C(C)=O)c2ccccc2)=[N+](CCCS(=O)(=O)[O-])c2ccc3[c-]cc(S(=O)(=O)[O-])cc3c21.[Na+].[Na+]. The van der Waals surface area contributed by atoms with E-state index in [9.17, 15) is 35.5 Å². The minimum absolute atomic E-state index is 0. The third-order valence-corrected chi connectivity index (χ3v) is 10.0. The number of carbonyl (C=O) groups is 2. The molecule has 50 heavy (non-hydrogen) atoms. The summed E-state index contributed by atoms with van der Waals surface area (Å²) in [6, 6.07) is 18.1. The van der Waals surface area contributed by atoms with E-state index in [1.165, 1.54) is 25.0 Å². The number of fused-ring (bicyclic) bond motifs is 3. The van der Waals surface area contributed by atoms with Gasteiger partial charge in [0, 0.05) is 49.0 Å². The third kappa shape index (κ3) is 11.2. The predicted molar refractivity (Wildman–Crippen MR) is 180 cm³/mol. The summed E-state index contributed by atoms with van der Waals surface area (Å²) in [4.78, 5) is 25.2. The second-order valence-corrected chi connectivity index (χ2v) is 14.7. The number of hydrogen-bond acceptors (Lipinski definition) is 9. The van der Waals surface area contributed by atoms with Crippen molar-refractivity contribution in [3.05, 3.63) is 90.7 Å². The van der Waals surface area contributed by atoms with Crippen molar-refractivity contribution in [2.75, 3.05) is 24.3 Å². The fourth-order valence-corrected chi connectivity index (χ4v) is 7.11. The van der Waals surface area contributed by atoms with Gasteiger partial charge in [0.15, 0.2) is 11.4 Å². The molecule has 1 amide bonds. The molecule has 1 heterocycles. The first-order valence-electron chi connectivity index (χ1n) is 15.5. The molecule has 0 aliphatic carbocycles. The molecule has 0 N–H and O–H groups in total. The number of carbonyl (C=O) groups excluding carboxylic acids is 2. The number of para-hydroxylation sites is 1. The molecule has 11 nitrogen and oxygen atoms in total. The van der Waals surface area contributed by atoms with E-state index in [0.717, 1.165) is 17.3 Å². The first-order valence-corrected chi connectivity index (χ1v) is 18.4. The topological polar surface area (TPSA) is 164 Å². The van der Waals surface area contributed by atoms with Crippen molar-refractivity contribution in [3.8, 4) is 0 Å². The number of esters is 1. The summed E-state index contributed by atoms with van der Waals surface area (Å²) in [6.07, 6.45) is 9.71. The van der Waals surface area contributed by atoms with E-state index in [0.29, 0.717) is 47.8 Å². The maximum atomic E-state index is 12.4. The van der Waals surface area contributed by atoms with Crippen LogP contribution < -0.4 is 64.0 Å². The Kier molecular flexibility index (Phi) is 16.8. The normalized spacial score (nSPS) is 15.9. The fourth-order valence-electron chi connectivity index (χ4n) is 6.16. The summed E-state index contributed by atoms with van der Waals surface area (Å²) in [6.45, 7) is 3.60. The molecular formula is C35H38N2Na2O9S2. The van der Waals surface area contributed by atoms with Gasteiger partial charge in [-0.25, -0.2) is 16.8 Å². The summed E-state index contributed by atoms with van der Waals surface area (Å²) in [7, 11) is -7.95. The van der Waals surface area contributed by atoms with Gasteiger partial charge in [0.25, 0.3) is 0 Å². The Labute approximate surface area is 338 Å². The second-order valence-electron chi connectivity index (χ2n) is 11.8. The van der Waals surface area contributed by atoms with Crippen molar-refractivity contribution in [2.45, 2.75) is 62.7 Å². The van der Waals surface area contributed by atoms with Gasteiger partial charge in [-0.1, -0.05) is 42.5 Å². The van der Waals surface area contributed by atoms with Gasteiger partial charge in [0.2, 0.25) is 5.91 Å². The molecule has 0 bridgehead atoms. The van der Waals surface area contributed by atoms with Crippen LogP contribution in [0.2, 0.25) is 0 Å². The van der Waals surface area contributed by atoms with Gasteiger partial charge in [-0.2, -0.15) is 4.58 Å². The van der Waals surface area contributed by atoms with Gasteiger partial charge < -0.3 is 13.8 Å². The molecule has 4 rings (SSSR count). The largest absolute Gasteiger partial charge is 1.00 e. The summed E-state index contributed by atoms with van der Waals surface area (Å²) < 4.78 is 77.4. The molecule has 3 aromatic rings. The molecule has 0 aromatic heterocycles. The molecule has 0 fully saturated rings. The van der Waals surface area contributed by atoms with Crippen LogP contribution in [0.25, 0.3) is 10.8 Å². The summed E-state index contributed by atoms with van der Waals surface area (Å²) in [5, 5.41) is 1.10. The van der Waals surface area contributed by atoms with E-state index in [1.807, 2.05) is 41.8 Å². The molecule has 15 heteroatoms. The number of methoxy groups -OCH3 is 1. The molecule has 3 aromatic carbocycles. The molecule has 0 saturated heterocycles. The van der Waals surface area contributed by atoms with Gasteiger partial charge in [-0.05, 0) is 48.9 Å². The molecule has 0 radical (unpaired) electrons. The summed E-state index contributed by atoms with van der Waals surface area (Å²) in [5.41, 5.74) is 2.04. The zero-order valence-corrected chi connectivity index (χ0v) is 34.7. The van der Waals surface area contributed by atoms with Crippen LogP contribution in [0.5, 0.6) is 0 Å². The van der Waals surface area contributed by atoms with Crippen LogP contribution in [0.15, 0.2) is 83.9 Å². The Hall–Kier alpha value is -2.17. The summed E-state index contributed by atoms with van der Waals surface area (Å²) in [5.74, 6) is -1.09. The molecule has 256 valence electrons. The van der Waals surface area contributed by atoms with Gasteiger partial charge in [-0.15, -0.1) is 29.7 Å². The minimum atomic E-state index is -4.80. The fraction of sp³-hybridized carbons (Fsp3) is 0.343. The Bertz CT molecular complexity index is 2000. The molecule has 0 saturated carbocycles. The number of rotatable bonds is 15. The number of unbranched alkanes of at least 4 members (excludes halogenated alkanes) is 2. The molecule has 1 unspecified atom stereocenters. The number of hydrogen-bond donors (Lipinski definition) is 0. The third-order valence-electron chi connectivity index (χ3n) is 8.40. The number of nitrogens with zero attached hydrogens (tertiary/aromatic N) is 2. The molecule has 1 aliphatic rings. The Morgan fingerprint density at radius 2 is 1.68 bits per heavy atom. The molecular weight excluding hydrogens is 703 g/mol. The van der Waals surface area contributed by atoms with Crippen molar-refractivity contribution in [2.24, 2.45) is 0 Å². The van der Waals surface area contributed by atoms with E-state index < -0.39 is 36.3 Å². The second kappa shape index (κ2) is 19.1. The van der Waals surface area contributed by atoms with Crippen molar-refractivity contribution in [1.29, 1.82) is 0 Å². The van der Waals surface area contributed by atoms with E-state index in [-0.39, 0.29) is 90.4 Å². The van der Waals surface area contributed by atoms with Crippen molar-refractivity contribution in [1.82, 2.24) is 0 Å². The number of anilines is 1. The number of amides is 1. The van der Waals surface area contributed by atoms with Crippen LogP contribution in [-0.2, 0) is 40.0 Å². The van der Waals surface area contributed by atoms with E-state index in [2.05, 4.69) is 6.07 Å². The monoisotopic (exact) mass is 740 g/mol. The smallest absolute Gasteiger partial charge is 0.752 e. The molecule has 1 atom stereocenters. The quantitative estimate of drug-likeness (QED) is 0.0365. The van der Waals surface area contributed by atoms with Gasteiger partial charge in [0.05, 0.1) is 32.8 Å². The van der Waals surface area contributed by atoms with Crippen molar-refractivity contribution < 1.29 is 104 Å². The first-order chi connectivity index (χ1) is 22.7. The van der Waals surface area contributed by atoms with E-state index in [1.54, 1.807) is 36.6 Å². The van der Waals surface area contributed by atoms with Crippen LogP contribution in [0, 0.1) is 6.07 Å². The predicted octanol–water partition coefficient (Wildman–Crippen LogP) is -0.910. The van der Waals surface area contributed by atoms with Crippen molar-refractivity contribution >= 4 is 60.0 Å². The van der Waals surface area contributed by atoms with Gasteiger partial charge in [-0.3, -0.25) is 14.5 Å². The van der Waals surface area contributed by atoms with E-state index in [4.69, 9.17) is 4.74 Å². The van der Waals surface area contributed by atoms with Gasteiger partial charge in [0.1, 0.15) is 6.54 Å². The summed E-state index contributed by atoms with van der Waals surface area (Å²) >= 11 is 0.